The topological polar surface area (TPSA) is 41.6 Å². The third kappa shape index (κ3) is 5.47. The van der Waals surface area contributed by atoms with Gasteiger partial charge in [-0.15, -0.1) is 0 Å². The van der Waals surface area contributed by atoms with Gasteiger partial charge in [-0.3, -0.25) is 4.79 Å². The van der Waals surface area contributed by atoms with Crippen molar-refractivity contribution in [2.75, 3.05) is 33.8 Å². The molecule has 0 aliphatic carbocycles. The lowest BCUT2D eigenvalue weighted by atomic mass is 10.2. The Bertz CT molecular complexity index is 201. The van der Waals surface area contributed by atoms with Crippen LogP contribution in [0.15, 0.2) is 0 Å². The molecule has 1 unspecified atom stereocenters. The molecule has 1 atom stereocenters. The highest BCUT2D eigenvalue weighted by Gasteiger charge is 2.14. The van der Waals surface area contributed by atoms with E-state index in [2.05, 4.69) is 5.32 Å². The van der Waals surface area contributed by atoms with Gasteiger partial charge in [0.15, 0.2) is 0 Å². The van der Waals surface area contributed by atoms with Crippen molar-refractivity contribution in [3.63, 3.8) is 0 Å². The van der Waals surface area contributed by atoms with Crippen LogP contribution in [0.5, 0.6) is 0 Å². The first kappa shape index (κ1) is 13.5. The van der Waals surface area contributed by atoms with Crippen LogP contribution in [0, 0.1) is 0 Å². The van der Waals surface area contributed by atoms with Crippen LogP contribution in [0.25, 0.3) is 0 Å². The zero-order valence-corrected chi connectivity index (χ0v) is 10.5. The maximum atomic E-state index is 11.3. The third-order valence-electron chi connectivity index (χ3n) is 2.91. The number of nitrogens with one attached hydrogen (secondary N) is 1. The average molecular weight is 228 g/mol. The van der Waals surface area contributed by atoms with Crippen LogP contribution < -0.4 is 5.32 Å². The van der Waals surface area contributed by atoms with Crippen molar-refractivity contribution in [3.05, 3.63) is 0 Å². The maximum Gasteiger partial charge on any atom is 0.222 e. The zero-order valence-electron chi connectivity index (χ0n) is 10.5. The average Bonchev–Trinajstić information content (AvgIpc) is 2.75. The summed E-state index contributed by atoms with van der Waals surface area (Å²) in [6.07, 6.45) is 5.54. The summed E-state index contributed by atoms with van der Waals surface area (Å²) in [6.45, 7) is 2.86. The summed E-state index contributed by atoms with van der Waals surface area (Å²) in [5, 5.41) is 3.36. The van der Waals surface area contributed by atoms with E-state index in [4.69, 9.17) is 4.74 Å². The fourth-order valence-electron chi connectivity index (χ4n) is 1.85. The van der Waals surface area contributed by atoms with Crippen LogP contribution in [0.4, 0.5) is 0 Å². The maximum absolute atomic E-state index is 11.3. The molecule has 1 heterocycles. The molecule has 0 aromatic carbocycles. The molecule has 1 saturated heterocycles. The van der Waals surface area contributed by atoms with Crippen molar-refractivity contribution >= 4 is 5.91 Å². The second-order valence-electron chi connectivity index (χ2n) is 4.57. The molecule has 0 saturated carbocycles. The molecule has 94 valence electrons. The summed E-state index contributed by atoms with van der Waals surface area (Å²) in [6, 6.07) is 0. The first-order valence-electron chi connectivity index (χ1n) is 6.22. The summed E-state index contributed by atoms with van der Waals surface area (Å²) in [4.78, 5) is 12.9. The Hall–Kier alpha value is -0.610. The van der Waals surface area contributed by atoms with E-state index in [1.165, 1.54) is 12.8 Å². The summed E-state index contributed by atoms with van der Waals surface area (Å²) >= 11 is 0. The zero-order chi connectivity index (χ0) is 11.8. The van der Waals surface area contributed by atoms with Crippen molar-refractivity contribution in [3.8, 4) is 0 Å². The van der Waals surface area contributed by atoms with Crippen molar-refractivity contribution in [2.24, 2.45) is 0 Å². The molecule has 1 aliphatic rings. The summed E-state index contributed by atoms with van der Waals surface area (Å²) in [5.41, 5.74) is 0. The van der Waals surface area contributed by atoms with Gasteiger partial charge >= 0.3 is 0 Å². The van der Waals surface area contributed by atoms with E-state index in [1.54, 1.807) is 19.0 Å². The minimum atomic E-state index is 0.209. The van der Waals surface area contributed by atoms with Gasteiger partial charge in [0, 0.05) is 27.1 Å². The molecule has 1 N–H and O–H groups in total. The Labute approximate surface area is 98.3 Å². The van der Waals surface area contributed by atoms with Crippen LogP contribution in [-0.4, -0.2) is 50.7 Å². The van der Waals surface area contributed by atoms with Gasteiger partial charge < -0.3 is 15.0 Å². The lowest BCUT2D eigenvalue weighted by molar-refractivity contribution is -0.128. The molecule has 1 fully saturated rings. The van der Waals surface area contributed by atoms with E-state index in [0.29, 0.717) is 12.5 Å². The summed E-state index contributed by atoms with van der Waals surface area (Å²) < 4.78 is 5.53. The largest absolute Gasteiger partial charge is 0.378 e. The Morgan fingerprint density at radius 2 is 2.25 bits per heavy atom. The lowest BCUT2D eigenvalue weighted by Gasteiger charge is -2.11. The number of nitrogens with zero attached hydrogens (tertiary/aromatic N) is 1. The number of carbonyl (C=O) groups is 1. The van der Waals surface area contributed by atoms with Gasteiger partial charge in [0.25, 0.3) is 0 Å². The fraction of sp³-hybridized carbons (Fsp3) is 0.917. The molecule has 1 aliphatic heterocycles. The van der Waals surface area contributed by atoms with Crippen LogP contribution in [0.3, 0.4) is 0 Å². The molecule has 4 nitrogen and oxygen atoms in total. The molecule has 0 aromatic rings. The molecule has 4 heteroatoms. The molecule has 16 heavy (non-hydrogen) atoms. The number of hydrogen-bond donors (Lipinski definition) is 1. The van der Waals surface area contributed by atoms with Crippen molar-refractivity contribution in [2.45, 2.75) is 38.2 Å². The Morgan fingerprint density at radius 3 is 2.88 bits per heavy atom. The predicted octanol–water partition coefficient (Wildman–Crippen LogP) is 1.01. The number of carbonyl (C=O) groups excluding carboxylic acids is 1. The smallest absolute Gasteiger partial charge is 0.222 e. The molecule has 0 bridgehead atoms. The third-order valence-corrected chi connectivity index (χ3v) is 2.91. The molecule has 0 radical (unpaired) electrons. The quantitative estimate of drug-likeness (QED) is 0.661. The number of ether oxygens (including phenoxy) is 1. The Morgan fingerprint density at radius 1 is 1.44 bits per heavy atom. The van der Waals surface area contributed by atoms with E-state index < -0.39 is 0 Å². The van der Waals surface area contributed by atoms with Gasteiger partial charge in [-0.25, -0.2) is 0 Å². The highest BCUT2D eigenvalue weighted by Crippen LogP contribution is 2.14. The second kappa shape index (κ2) is 7.63. The van der Waals surface area contributed by atoms with Gasteiger partial charge in [0.2, 0.25) is 5.91 Å². The molecular weight excluding hydrogens is 204 g/mol. The standard InChI is InChI=1S/C12H24N2O2/c1-14(2)12(15)6-3-8-13-9-7-11-5-4-10-16-11/h11,13H,3-10H2,1-2H3. The van der Waals surface area contributed by atoms with E-state index in [9.17, 15) is 4.79 Å². The minimum absolute atomic E-state index is 0.209. The van der Waals surface area contributed by atoms with E-state index in [1.807, 2.05) is 0 Å². The van der Waals surface area contributed by atoms with Gasteiger partial charge in [-0.05, 0) is 38.8 Å². The Balaban J connectivity index is 1.86. The normalized spacial score (nSPS) is 20.0. The van der Waals surface area contributed by atoms with Crippen LogP contribution >= 0.6 is 0 Å². The van der Waals surface area contributed by atoms with E-state index in [0.717, 1.165) is 32.5 Å². The first-order chi connectivity index (χ1) is 7.70. The van der Waals surface area contributed by atoms with Gasteiger partial charge in [0.05, 0.1) is 6.10 Å². The van der Waals surface area contributed by atoms with Crippen LogP contribution in [0.1, 0.15) is 32.1 Å². The minimum Gasteiger partial charge on any atom is -0.378 e. The molecule has 1 amide bonds. The molecule has 0 spiro atoms. The van der Waals surface area contributed by atoms with E-state index in [-0.39, 0.29) is 5.91 Å². The second-order valence-corrected chi connectivity index (χ2v) is 4.57. The van der Waals surface area contributed by atoms with Crippen molar-refractivity contribution in [1.29, 1.82) is 0 Å². The monoisotopic (exact) mass is 228 g/mol. The lowest BCUT2D eigenvalue weighted by Crippen LogP contribution is -2.25. The molecule has 0 aromatic heterocycles. The van der Waals surface area contributed by atoms with Crippen molar-refractivity contribution < 1.29 is 9.53 Å². The summed E-state index contributed by atoms with van der Waals surface area (Å²) in [7, 11) is 3.60. The van der Waals surface area contributed by atoms with Gasteiger partial charge in [-0.1, -0.05) is 0 Å². The van der Waals surface area contributed by atoms with Gasteiger partial charge in [-0.2, -0.15) is 0 Å². The SMILES string of the molecule is CN(C)C(=O)CCCNCCC1CCCO1. The summed E-state index contributed by atoms with van der Waals surface area (Å²) in [5.74, 6) is 0.209. The van der Waals surface area contributed by atoms with Crippen LogP contribution in [0.2, 0.25) is 0 Å². The van der Waals surface area contributed by atoms with Crippen molar-refractivity contribution in [1.82, 2.24) is 10.2 Å². The number of hydrogen-bond acceptors (Lipinski definition) is 3. The number of rotatable bonds is 7. The Kier molecular flexibility index (Phi) is 6.42. The predicted molar refractivity (Wildman–Crippen MR) is 64.4 cm³/mol. The molecular formula is C12H24N2O2. The first-order valence-corrected chi connectivity index (χ1v) is 6.22. The highest BCUT2D eigenvalue weighted by molar-refractivity contribution is 5.75. The highest BCUT2D eigenvalue weighted by atomic mass is 16.5. The fourth-order valence-corrected chi connectivity index (χ4v) is 1.85. The number of amides is 1. The van der Waals surface area contributed by atoms with E-state index >= 15 is 0 Å². The van der Waals surface area contributed by atoms with Crippen LogP contribution in [-0.2, 0) is 9.53 Å². The van der Waals surface area contributed by atoms with Gasteiger partial charge in [0.1, 0.15) is 0 Å². The molecule has 1 rings (SSSR count).